The van der Waals surface area contributed by atoms with Crippen molar-refractivity contribution >= 4 is 35.2 Å². The second-order valence-electron chi connectivity index (χ2n) is 8.33. The lowest BCUT2D eigenvalue weighted by Gasteiger charge is -2.33. The number of benzene rings is 1. The molecule has 2 heterocycles. The number of amides is 2. The molecule has 1 unspecified atom stereocenters. The molecule has 7 heteroatoms. The van der Waals surface area contributed by atoms with Crippen molar-refractivity contribution in [1.29, 1.82) is 0 Å². The third-order valence-corrected chi connectivity index (χ3v) is 7.82. The minimum absolute atomic E-state index is 0.114. The van der Waals surface area contributed by atoms with Gasteiger partial charge in [0.05, 0.1) is 10.8 Å². The van der Waals surface area contributed by atoms with E-state index in [2.05, 4.69) is 24.1 Å². The van der Waals surface area contributed by atoms with Gasteiger partial charge in [-0.25, -0.2) is 4.98 Å². The van der Waals surface area contributed by atoms with Crippen LogP contribution in [0.15, 0.2) is 47.6 Å². The molecule has 0 spiro atoms. The molecule has 3 rings (SSSR count). The largest absolute Gasteiger partial charge is 0.351 e. The van der Waals surface area contributed by atoms with Crippen molar-refractivity contribution in [3.8, 4) is 0 Å². The third-order valence-electron chi connectivity index (χ3n) is 6.47. The Labute approximate surface area is 200 Å². The van der Waals surface area contributed by atoms with E-state index in [9.17, 15) is 9.59 Å². The standard InChI is InChI=1S/C25H32ClN3O2S/c1-4-25(5-2,19-10-12-20(26)13-11-19)17-28-22(30)21-9-8-14-27-23(21)32-18(3)24(31)29-15-6-7-16-29/h8-14,18H,4-7,15-17H2,1-3H3,(H,28,30). The van der Waals surface area contributed by atoms with Gasteiger partial charge in [-0.1, -0.05) is 49.3 Å². The summed E-state index contributed by atoms with van der Waals surface area (Å²) in [6.07, 6.45) is 5.57. The highest BCUT2D eigenvalue weighted by atomic mass is 35.5. The van der Waals surface area contributed by atoms with Crippen LogP contribution in [-0.2, 0) is 10.2 Å². The van der Waals surface area contributed by atoms with Crippen LogP contribution in [0.1, 0.15) is 62.4 Å². The van der Waals surface area contributed by atoms with Crippen LogP contribution in [0.25, 0.3) is 0 Å². The zero-order chi connectivity index (χ0) is 23.1. The first kappa shape index (κ1) is 24.6. The van der Waals surface area contributed by atoms with Crippen LogP contribution < -0.4 is 5.32 Å². The summed E-state index contributed by atoms with van der Waals surface area (Å²) in [5.41, 5.74) is 1.50. The molecule has 2 amide bonds. The van der Waals surface area contributed by atoms with E-state index in [0.29, 0.717) is 22.2 Å². The fraction of sp³-hybridized carbons (Fsp3) is 0.480. The molecule has 1 aliphatic rings. The average molecular weight is 474 g/mol. The molecule has 5 nitrogen and oxygen atoms in total. The van der Waals surface area contributed by atoms with E-state index in [1.807, 2.05) is 36.1 Å². The minimum atomic E-state index is -0.283. The van der Waals surface area contributed by atoms with E-state index in [1.165, 1.54) is 11.8 Å². The van der Waals surface area contributed by atoms with Gasteiger partial charge in [-0.3, -0.25) is 9.59 Å². The monoisotopic (exact) mass is 473 g/mol. The Hall–Kier alpha value is -2.05. The molecule has 1 atom stereocenters. The van der Waals surface area contributed by atoms with Gasteiger partial charge in [0.15, 0.2) is 0 Å². The first-order valence-corrected chi connectivity index (χ1v) is 12.6. The number of hydrogen-bond acceptors (Lipinski definition) is 4. The van der Waals surface area contributed by atoms with Crippen molar-refractivity contribution in [3.63, 3.8) is 0 Å². The van der Waals surface area contributed by atoms with E-state index in [-0.39, 0.29) is 22.5 Å². The van der Waals surface area contributed by atoms with Crippen LogP contribution in [0.4, 0.5) is 0 Å². The SMILES string of the molecule is CCC(CC)(CNC(=O)c1cccnc1SC(C)C(=O)N1CCCC1)c1ccc(Cl)cc1. The summed E-state index contributed by atoms with van der Waals surface area (Å²) < 4.78 is 0. The highest BCUT2D eigenvalue weighted by molar-refractivity contribution is 8.00. The molecule has 1 aromatic heterocycles. The zero-order valence-corrected chi connectivity index (χ0v) is 20.6. The summed E-state index contributed by atoms with van der Waals surface area (Å²) in [6.45, 7) is 8.33. The van der Waals surface area contributed by atoms with Gasteiger partial charge in [-0.15, -0.1) is 0 Å². The maximum absolute atomic E-state index is 13.2. The Balaban J connectivity index is 1.72. The fourth-order valence-corrected chi connectivity index (χ4v) is 5.35. The molecular formula is C25H32ClN3O2S. The first-order chi connectivity index (χ1) is 15.4. The van der Waals surface area contributed by atoms with E-state index < -0.39 is 0 Å². The minimum Gasteiger partial charge on any atom is -0.351 e. The Morgan fingerprint density at radius 3 is 2.44 bits per heavy atom. The van der Waals surface area contributed by atoms with Crippen LogP contribution in [0.2, 0.25) is 5.02 Å². The van der Waals surface area contributed by atoms with Gasteiger partial charge < -0.3 is 10.2 Å². The van der Waals surface area contributed by atoms with Crippen molar-refractivity contribution in [3.05, 3.63) is 58.7 Å². The zero-order valence-electron chi connectivity index (χ0n) is 19.1. The van der Waals surface area contributed by atoms with Crippen LogP contribution in [0, 0.1) is 0 Å². The van der Waals surface area contributed by atoms with E-state index in [4.69, 9.17) is 11.6 Å². The molecule has 2 aromatic rings. The van der Waals surface area contributed by atoms with E-state index >= 15 is 0 Å². The van der Waals surface area contributed by atoms with Gasteiger partial charge in [0.1, 0.15) is 5.03 Å². The van der Waals surface area contributed by atoms with Crippen LogP contribution in [-0.4, -0.2) is 46.6 Å². The predicted octanol–water partition coefficient (Wildman–Crippen LogP) is 5.33. The number of aromatic nitrogens is 1. The molecule has 172 valence electrons. The summed E-state index contributed by atoms with van der Waals surface area (Å²) >= 11 is 7.43. The number of hydrogen-bond donors (Lipinski definition) is 1. The third kappa shape index (κ3) is 5.65. The molecule has 1 saturated heterocycles. The maximum atomic E-state index is 13.2. The molecule has 0 bridgehead atoms. The van der Waals surface area contributed by atoms with E-state index in [1.54, 1.807) is 18.3 Å². The number of carbonyl (C=O) groups excluding carboxylic acids is 2. The molecule has 1 aliphatic heterocycles. The van der Waals surface area contributed by atoms with Crippen molar-refractivity contribution in [1.82, 2.24) is 15.2 Å². The molecule has 1 N–H and O–H groups in total. The second kappa shape index (κ2) is 11.2. The Kier molecular flexibility index (Phi) is 8.60. The summed E-state index contributed by atoms with van der Waals surface area (Å²) in [5, 5.41) is 4.14. The van der Waals surface area contributed by atoms with Crippen LogP contribution in [0.5, 0.6) is 0 Å². The van der Waals surface area contributed by atoms with Crippen LogP contribution in [0.3, 0.4) is 0 Å². The van der Waals surface area contributed by atoms with Gasteiger partial charge in [-0.2, -0.15) is 0 Å². The fourth-order valence-electron chi connectivity index (χ4n) is 4.23. The van der Waals surface area contributed by atoms with Crippen molar-refractivity contribution < 1.29 is 9.59 Å². The van der Waals surface area contributed by atoms with Crippen molar-refractivity contribution in [2.75, 3.05) is 19.6 Å². The van der Waals surface area contributed by atoms with Crippen molar-refractivity contribution in [2.45, 2.75) is 62.1 Å². The maximum Gasteiger partial charge on any atom is 0.254 e. The molecule has 1 fully saturated rings. The summed E-state index contributed by atoms with van der Waals surface area (Å²) in [6, 6.07) is 11.4. The van der Waals surface area contributed by atoms with Gasteiger partial charge >= 0.3 is 0 Å². The number of rotatable bonds is 9. The normalized spacial score (nSPS) is 14.9. The summed E-state index contributed by atoms with van der Waals surface area (Å²) in [4.78, 5) is 32.2. The first-order valence-electron chi connectivity index (χ1n) is 11.3. The van der Waals surface area contributed by atoms with Crippen molar-refractivity contribution in [2.24, 2.45) is 0 Å². The lowest BCUT2D eigenvalue weighted by Crippen LogP contribution is -2.40. The molecule has 0 aliphatic carbocycles. The lowest BCUT2D eigenvalue weighted by molar-refractivity contribution is -0.129. The Morgan fingerprint density at radius 1 is 1.16 bits per heavy atom. The number of thioether (sulfide) groups is 1. The van der Waals surface area contributed by atoms with Gasteiger partial charge in [0, 0.05) is 36.3 Å². The van der Waals surface area contributed by atoms with Gasteiger partial charge in [0.25, 0.3) is 5.91 Å². The number of carbonyl (C=O) groups is 2. The number of likely N-dealkylation sites (tertiary alicyclic amines) is 1. The molecule has 32 heavy (non-hydrogen) atoms. The lowest BCUT2D eigenvalue weighted by atomic mass is 9.76. The highest BCUT2D eigenvalue weighted by Gasteiger charge is 2.30. The molecule has 1 aromatic carbocycles. The number of halogens is 1. The Bertz CT molecular complexity index is 925. The quantitative estimate of drug-likeness (QED) is 0.500. The summed E-state index contributed by atoms with van der Waals surface area (Å²) in [5.74, 6) is -0.0510. The van der Waals surface area contributed by atoms with Gasteiger partial charge in [0.2, 0.25) is 5.91 Å². The van der Waals surface area contributed by atoms with Crippen LogP contribution >= 0.6 is 23.4 Å². The topological polar surface area (TPSA) is 62.3 Å². The smallest absolute Gasteiger partial charge is 0.254 e. The number of pyridine rings is 1. The summed E-state index contributed by atoms with van der Waals surface area (Å²) in [7, 11) is 0. The average Bonchev–Trinajstić information content (AvgIpc) is 3.35. The Morgan fingerprint density at radius 2 is 1.81 bits per heavy atom. The highest BCUT2D eigenvalue weighted by Crippen LogP contribution is 2.32. The van der Waals surface area contributed by atoms with E-state index in [0.717, 1.165) is 44.3 Å². The number of nitrogens with one attached hydrogen (secondary N) is 1. The second-order valence-corrected chi connectivity index (χ2v) is 10.1. The van der Waals surface area contributed by atoms with Gasteiger partial charge in [-0.05, 0) is 62.4 Å². The number of nitrogens with zero attached hydrogens (tertiary/aromatic N) is 2. The predicted molar refractivity (Wildman–Crippen MR) is 131 cm³/mol. The molecular weight excluding hydrogens is 442 g/mol. The molecule has 0 radical (unpaired) electrons. The molecule has 0 saturated carbocycles.